The summed E-state index contributed by atoms with van der Waals surface area (Å²) < 4.78 is 11.9. The van der Waals surface area contributed by atoms with Crippen molar-refractivity contribution in [3.05, 3.63) is 11.6 Å². The number of carbonyl (C=O) groups is 1. The minimum absolute atomic E-state index is 0.0284. The van der Waals surface area contributed by atoms with Gasteiger partial charge >= 0.3 is 5.97 Å². The molecule has 4 bridgehead atoms. The number of esters is 1. The monoisotopic (exact) mass is 362 g/mol. The van der Waals surface area contributed by atoms with Gasteiger partial charge in [0.1, 0.15) is 17.3 Å². The van der Waals surface area contributed by atoms with Crippen molar-refractivity contribution >= 4 is 5.97 Å². The summed E-state index contributed by atoms with van der Waals surface area (Å²) in [6, 6.07) is 0. The molecule has 144 valence electrons. The first-order valence-electron chi connectivity index (χ1n) is 10.1. The molecule has 7 atom stereocenters. The Morgan fingerprint density at radius 3 is 2.54 bits per heavy atom. The second-order valence-corrected chi connectivity index (χ2v) is 9.85. The second kappa shape index (κ2) is 4.92. The van der Waals surface area contributed by atoms with Gasteiger partial charge < -0.3 is 9.47 Å². The van der Waals surface area contributed by atoms with Crippen LogP contribution in [0.15, 0.2) is 11.6 Å². The molecule has 0 aromatic heterocycles. The van der Waals surface area contributed by atoms with E-state index in [-0.39, 0.29) is 35.1 Å². The Morgan fingerprint density at radius 1 is 1.19 bits per heavy atom. The van der Waals surface area contributed by atoms with Gasteiger partial charge in [0.2, 0.25) is 0 Å². The second-order valence-electron chi connectivity index (χ2n) is 9.85. The van der Waals surface area contributed by atoms with Crippen molar-refractivity contribution in [3.63, 3.8) is 0 Å². The van der Waals surface area contributed by atoms with Crippen molar-refractivity contribution in [1.29, 1.82) is 0 Å². The third-order valence-electron chi connectivity index (χ3n) is 8.80. The molecule has 2 saturated carbocycles. The number of carbonyl (C=O) groups excluding carboxylic acids is 1. The largest absolute Gasteiger partial charge is 0.461 e. The van der Waals surface area contributed by atoms with E-state index < -0.39 is 11.0 Å². The lowest BCUT2D eigenvalue weighted by atomic mass is 9.40. The zero-order valence-electron chi connectivity index (χ0n) is 16.5. The summed E-state index contributed by atoms with van der Waals surface area (Å²) in [5.41, 5.74) is -0.449. The Morgan fingerprint density at radius 2 is 1.96 bits per heavy atom. The van der Waals surface area contributed by atoms with E-state index >= 15 is 0 Å². The highest BCUT2D eigenvalue weighted by Crippen LogP contribution is 2.71. The molecule has 7 rings (SSSR count). The van der Waals surface area contributed by atoms with Crippen LogP contribution in [0.25, 0.3) is 0 Å². The van der Waals surface area contributed by atoms with Gasteiger partial charge in [-0.1, -0.05) is 20.8 Å². The van der Waals surface area contributed by atoms with Gasteiger partial charge in [-0.2, -0.15) is 0 Å². The topological polar surface area (TPSA) is 54.0 Å². The van der Waals surface area contributed by atoms with E-state index in [1.807, 2.05) is 0 Å². The summed E-state index contributed by atoms with van der Waals surface area (Å²) in [6.45, 7) is 8.71. The van der Waals surface area contributed by atoms with E-state index in [4.69, 9.17) is 19.2 Å². The Kier molecular flexibility index (Phi) is 3.26. The van der Waals surface area contributed by atoms with Crippen LogP contribution in [-0.2, 0) is 24.0 Å². The van der Waals surface area contributed by atoms with Gasteiger partial charge in [0.25, 0.3) is 0 Å². The molecule has 5 heteroatoms. The summed E-state index contributed by atoms with van der Waals surface area (Å²) in [5, 5.41) is 0. The lowest BCUT2D eigenvalue weighted by molar-refractivity contribution is -0.475. The lowest BCUT2D eigenvalue weighted by Crippen LogP contribution is -2.76. The lowest BCUT2D eigenvalue weighted by Gasteiger charge is -2.70. The van der Waals surface area contributed by atoms with Gasteiger partial charge in [-0.15, -0.1) is 0 Å². The van der Waals surface area contributed by atoms with Crippen molar-refractivity contribution in [3.8, 4) is 0 Å². The fourth-order valence-corrected chi connectivity index (χ4v) is 6.94. The Balaban J connectivity index is 1.71. The third-order valence-corrected chi connectivity index (χ3v) is 8.80. The van der Waals surface area contributed by atoms with Crippen LogP contribution in [0.4, 0.5) is 0 Å². The molecule has 4 heterocycles. The maximum atomic E-state index is 12.7. The minimum Gasteiger partial charge on any atom is -0.461 e. The van der Waals surface area contributed by atoms with Gasteiger partial charge in [-0.25, -0.2) is 9.78 Å². The first-order chi connectivity index (χ1) is 12.2. The van der Waals surface area contributed by atoms with E-state index in [1.54, 1.807) is 7.11 Å². The SMILES string of the molecule is CO[C@@H]1C[C@@H]2[C@](C)([C@@H]3CC[C@@]2(C)C(=O)O3)[C@]23CC[C@](C(C)C)(C=C12)OO3. The molecule has 5 nitrogen and oxygen atoms in total. The number of hydrogen-bond acceptors (Lipinski definition) is 5. The van der Waals surface area contributed by atoms with Crippen LogP contribution < -0.4 is 0 Å². The van der Waals surface area contributed by atoms with Crippen molar-refractivity contribution in [2.45, 2.75) is 83.2 Å². The summed E-state index contributed by atoms with van der Waals surface area (Å²) >= 11 is 0. The fraction of sp³-hybridized carbons (Fsp3) is 0.857. The zero-order chi connectivity index (χ0) is 18.5. The predicted octanol–water partition coefficient (Wildman–Crippen LogP) is 3.57. The van der Waals surface area contributed by atoms with Crippen molar-refractivity contribution in [1.82, 2.24) is 0 Å². The summed E-state index contributed by atoms with van der Waals surface area (Å²) in [4.78, 5) is 25.1. The van der Waals surface area contributed by atoms with E-state index in [0.29, 0.717) is 5.92 Å². The van der Waals surface area contributed by atoms with Crippen LogP contribution in [0.5, 0.6) is 0 Å². The highest BCUT2D eigenvalue weighted by Gasteiger charge is 2.77. The van der Waals surface area contributed by atoms with E-state index in [2.05, 4.69) is 33.8 Å². The normalized spacial score (nSPS) is 54.6. The van der Waals surface area contributed by atoms with Crippen LogP contribution in [0.1, 0.15) is 59.8 Å². The van der Waals surface area contributed by atoms with Gasteiger partial charge in [-0.3, -0.25) is 4.79 Å². The number of hydrogen-bond donors (Lipinski definition) is 0. The predicted molar refractivity (Wildman–Crippen MR) is 94.0 cm³/mol. The number of rotatable bonds is 2. The van der Waals surface area contributed by atoms with Crippen molar-refractivity contribution < 1.29 is 24.0 Å². The molecule has 0 unspecified atom stereocenters. The molecular weight excluding hydrogens is 332 g/mol. The number of ether oxygens (including phenoxy) is 2. The van der Waals surface area contributed by atoms with E-state index in [0.717, 1.165) is 32.1 Å². The molecular formula is C21H30O5. The van der Waals surface area contributed by atoms with Gasteiger partial charge in [0, 0.05) is 12.5 Å². The first-order valence-corrected chi connectivity index (χ1v) is 10.1. The highest BCUT2D eigenvalue weighted by molar-refractivity contribution is 5.79. The van der Waals surface area contributed by atoms with Crippen molar-refractivity contribution in [2.24, 2.45) is 22.7 Å². The van der Waals surface area contributed by atoms with Crippen LogP contribution in [0, 0.1) is 22.7 Å². The van der Waals surface area contributed by atoms with E-state index in [1.165, 1.54) is 5.57 Å². The average Bonchev–Trinajstić information content (AvgIpc) is 2.63. The third kappa shape index (κ3) is 1.63. The number of fused-ring (bicyclic) bond motifs is 4. The molecule has 5 fully saturated rings. The molecule has 26 heavy (non-hydrogen) atoms. The van der Waals surface area contributed by atoms with Crippen LogP contribution in [0.3, 0.4) is 0 Å². The first kappa shape index (κ1) is 17.2. The van der Waals surface area contributed by atoms with Gasteiger partial charge in [0.15, 0.2) is 0 Å². The Labute approximate surface area is 155 Å². The molecule has 0 aromatic rings. The molecule has 4 aliphatic heterocycles. The smallest absolute Gasteiger partial charge is 0.312 e. The van der Waals surface area contributed by atoms with Gasteiger partial charge in [-0.05, 0) is 62.5 Å². The Bertz CT molecular complexity index is 689. The molecule has 0 radical (unpaired) electrons. The average molecular weight is 362 g/mol. The molecule has 1 spiro atoms. The number of methoxy groups -OCH3 is 1. The van der Waals surface area contributed by atoms with E-state index in [9.17, 15) is 4.79 Å². The van der Waals surface area contributed by atoms with Crippen LogP contribution >= 0.6 is 0 Å². The standard InChI is InChI=1S/C21H30O5/c1-12(2)20-8-9-21(26-25-20)13(11-20)14(23-5)10-15-18(3)7-6-16(19(15,21)4)24-17(18)22/h11-12,14-16H,6-10H2,1-5H3/t14-,15+,16+,18-,19-,20-,21+/m1/s1. The summed E-state index contributed by atoms with van der Waals surface area (Å²) in [7, 11) is 1.77. The maximum Gasteiger partial charge on any atom is 0.312 e. The molecule has 0 aromatic carbocycles. The minimum atomic E-state index is -0.555. The highest BCUT2D eigenvalue weighted by atomic mass is 17.2. The van der Waals surface area contributed by atoms with Crippen molar-refractivity contribution in [2.75, 3.05) is 7.11 Å². The quantitative estimate of drug-likeness (QED) is 0.427. The summed E-state index contributed by atoms with van der Waals surface area (Å²) in [6.07, 6.45) is 6.63. The molecule has 0 N–H and O–H groups in total. The molecule has 3 saturated heterocycles. The Hall–Kier alpha value is -0.910. The maximum absolute atomic E-state index is 12.7. The fourth-order valence-electron chi connectivity index (χ4n) is 6.94. The van der Waals surface area contributed by atoms with Crippen LogP contribution in [0.2, 0.25) is 0 Å². The zero-order valence-corrected chi connectivity index (χ0v) is 16.5. The van der Waals surface area contributed by atoms with Crippen LogP contribution in [-0.4, -0.2) is 36.5 Å². The molecule has 3 aliphatic carbocycles. The molecule has 0 amide bonds. The summed E-state index contributed by atoms with van der Waals surface area (Å²) in [5.74, 6) is 0.457. The van der Waals surface area contributed by atoms with Gasteiger partial charge in [0.05, 0.1) is 11.5 Å². The molecule has 7 aliphatic rings.